The fraction of sp³-hybridized carbons (Fsp3) is 0.381. The fourth-order valence-corrected chi connectivity index (χ4v) is 4.03. The molecule has 146 valence electrons. The van der Waals surface area contributed by atoms with Gasteiger partial charge in [0.25, 0.3) is 0 Å². The van der Waals surface area contributed by atoms with Crippen molar-refractivity contribution in [2.75, 3.05) is 22.4 Å². The maximum absolute atomic E-state index is 12.3. The molecular weight excluding hydrogens is 360 g/mol. The van der Waals surface area contributed by atoms with Crippen LogP contribution in [0.25, 0.3) is 0 Å². The van der Waals surface area contributed by atoms with Crippen molar-refractivity contribution in [2.24, 2.45) is 0 Å². The molecule has 5 nitrogen and oxygen atoms in total. The zero-order valence-corrected chi connectivity index (χ0v) is 17.3. The van der Waals surface area contributed by atoms with E-state index in [2.05, 4.69) is 5.32 Å². The van der Waals surface area contributed by atoms with Crippen LogP contribution in [0.2, 0.25) is 0 Å². The number of nitrogens with zero attached hydrogens (tertiary/aromatic N) is 1. The van der Waals surface area contributed by atoms with Crippen LogP contribution in [0.4, 0.5) is 11.4 Å². The number of hydrogen-bond donors (Lipinski definition) is 1. The number of carbonyl (C=O) groups excluding carboxylic acids is 1. The topological polar surface area (TPSA) is 66.5 Å². The smallest absolute Gasteiger partial charge is 0.232 e. The molecule has 0 aliphatic carbocycles. The quantitative estimate of drug-likeness (QED) is 0.742. The highest BCUT2D eigenvalue weighted by Gasteiger charge is 2.20. The number of sulfonamides is 1. The highest BCUT2D eigenvalue weighted by atomic mass is 32.2. The molecule has 1 amide bonds. The molecule has 6 heteroatoms. The monoisotopic (exact) mass is 388 g/mol. The minimum Gasteiger partial charge on any atom is -0.326 e. The summed E-state index contributed by atoms with van der Waals surface area (Å²) in [5.41, 5.74) is 4.55. The lowest BCUT2D eigenvalue weighted by atomic mass is 10.1. The van der Waals surface area contributed by atoms with Crippen molar-refractivity contribution in [3.05, 3.63) is 59.2 Å². The van der Waals surface area contributed by atoms with Crippen LogP contribution in [0.15, 0.2) is 42.5 Å². The first-order valence-corrected chi connectivity index (χ1v) is 11.0. The molecule has 0 aromatic heterocycles. The number of anilines is 2. The maximum Gasteiger partial charge on any atom is 0.232 e. The van der Waals surface area contributed by atoms with Crippen molar-refractivity contribution in [1.82, 2.24) is 0 Å². The molecule has 0 radical (unpaired) electrons. The molecule has 0 aliphatic rings. The highest BCUT2D eigenvalue weighted by Crippen LogP contribution is 2.25. The fourth-order valence-electron chi connectivity index (χ4n) is 3.02. The molecule has 2 aromatic rings. The van der Waals surface area contributed by atoms with E-state index in [-0.39, 0.29) is 18.9 Å². The number of amides is 1. The predicted octanol–water partition coefficient (Wildman–Crippen LogP) is 4.05. The summed E-state index contributed by atoms with van der Waals surface area (Å²) in [5.74, 6) is -0.106. The summed E-state index contributed by atoms with van der Waals surface area (Å²) in [6, 6.07) is 13.3. The Bertz CT molecular complexity index is 907. The van der Waals surface area contributed by atoms with Crippen LogP contribution in [-0.2, 0) is 21.2 Å². The molecule has 0 saturated heterocycles. The average molecular weight is 389 g/mol. The molecule has 0 unspecified atom stereocenters. The Morgan fingerprint density at radius 2 is 1.78 bits per heavy atom. The van der Waals surface area contributed by atoms with Crippen molar-refractivity contribution in [3.63, 3.8) is 0 Å². The number of rotatable bonds is 8. The molecule has 1 N–H and O–H groups in total. The van der Waals surface area contributed by atoms with Gasteiger partial charge in [0.1, 0.15) is 0 Å². The van der Waals surface area contributed by atoms with Gasteiger partial charge in [0.15, 0.2) is 0 Å². The number of nitrogens with one attached hydrogen (secondary N) is 1. The second-order valence-electron chi connectivity index (χ2n) is 6.72. The summed E-state index contributed by atoms with van der Waals surface area (Å²) in [4.78, 5) is 12.3. The molecule has 0 atom stereocenters. The third-order valence-corrected chi connectivity index (χ3v) is 5.86. The van der Waals surface area contributed by atoms with Crippen molar-refractivity contribution >= 4 is 27.3 Å². The lowest BCUT2D eigenvalue weighted by Gasteiger charge is -2.25. The molecule has 2 aromatic carbocycles. The summed E-state index contributed by atoms with van der Waals surface area (Å²) in [6.07, 6.45) is 2.74. The molecular formula is C21H28N2O3S. The van der Waals surface area contributed by atoms with Gasteiger partial charge in [0.2, 0.25) is 15.9 Å². The Morgan fingerprint density at radius 3 is 2.44 bits per heavy atom. The Morgan fingerprint density at radius 1 is 1.07 bits per heavy atom. The summed E-state index contributed by atoms with van der Waals surface area (Å²) >= 11 is 0. The molecule has 0 fully saturated rings. The molecule has 0 spiro atoms. The highest BCUT2D eigenvalue weighted by molar-refractivity contribution is 7.92. The molecule has 27 heavy (non-hydrogen) atoms. The Hall–Kier alpha value is -2.34. The lowest BCUT2D eigenvalue weighted by molar-refractivity contribution is -0.116. The predicted molar refractivity (Wildman–Crippen MR) is 112 cm³/mol. The molecule has 2 rings (SSSR count). The second kappa shape index (κ2) is 9.04. The first-order chi connectivity index (χ1) is 12.7. The molecule has 0 aliphatic heterocycles. The SMILES string of the molecule is CCc1ccccc1NC(=O)CCCN(c1cccc(C)c1C)S(C)(=O)=O. The van der Waals surface area contributed by atoms with E-state index in [1.807, 2.05) is 57.2 Å². The van der Waals surface area contributed by atoms with E-state index in [4.69, 9.17) is 0 Å². The summed E-state index contributed by atoms with van der Waals surface area (Å²) < 4.78 is 25.9. The van der Waals surface area contributed by atoms with Gasteiger partial charge in [-0.2, -0.15) is 0 Å². The van der Waals surface area contributed by atoms with Crippen LogP contribution in [0.1, 0.15) is 36.5 Å². The van der Waals surface area contributed by atoms with E-state index in [1.54, 1.807) is 6.07 Å². The second-order valence-corrected chi connectivity index (χ2v) is 8.62. The summed E-state index contributed by atoms with van der Waals surface area (Å²) in [6.45, 7) is 6.18. The minimum absolute atomic E-state index is 0.106. The van der Waals surface area contributed by atoms with Gasteiger partial charge >= 0.3 is 0 Å². The van der Waals surface area contributed by atoms with E-state index in [0.717, 1.165) is 28.8 Å². The van der Waals surface area contributed by atoms with Gasteiger partial charge in [-0.3, -0.25) is 9.10 Å². The van der Waals surface area contributed by atoms with Crippen molar-refractivity contribution in [3.8, 4) is 0 Å². The Labute approximate surface area is 162 Å². The third-order valence-electron chi connectivity index (χ3n) is 4.68. The Balaban J connectivity index is 2.04. The normalized spacial score (nSPS) is 11.3. The van der Waals surface area contributed by atoms with Gasteiger partial charge in [-0.05, 0) is 55.5 Å². The lowest BCUT2D eigenvalue weighted by Crippen LogP contribution is -2.32. The number of para-hydroxylation sites is 1. The van der Waals surface area contributed by atoms with E-state index in [9.17, 15) is 13.2 Å². The maximum atomic E-state index is 12.3. The van der Waals surface area contributed by atoms with Gasteiger partial charge in [0, 0.05) is 18.7 Å². The van der Waals surface area contributed by atoms with E-state index in [0.29, 0.717) is 12.1 Å². The van der Waals surface area contributed by atoms with Gasteiger partial charge < -0.3 is 5.32 Å². The molecule has 0 heterocycles. The van der Waals surface area contributed by atoms with Crippen LogP contribution in [-0.4, -0.2) is 27.1 Å². The Kier molecular flexibility index (Phi) is 7.02. The number of hydrogen-bond acceptors (Lipinski definition) is 3. The number of aryl methyl sites for hydroxylation is 2. The largest absolute Gasteiger partial charge is 0.326 e. The zero-order valence-electron chi connectivity index (χ0n) is 16.5. The van der Waals surface area contributed by atoms with E-state index in [1.165, 1.54) is 10.6 Å². The van der Waals surface area contributed by atoms with Gasteiger partial charge in [-0.25, -0.2) is 8.42 Å². The van der Waals surface area contributed by atoms with Crippen LogP contribution < -0.4 is 9.62 Å². The molecule has 0 bridgehead atoms. The minimum atomic E-state index is -3.42. The van der Waals surface area contributed by atoms with Gasteiger partial charge in [0.05, 0.1) is 11.9 Å². The van der Waals surface area contributed by atoms with Crippen molar-refractivity contribution in [2.45, 2.75) is 40.0 Å². The van der Waals surface area contributed by atoms with E-state index >= 15 is 0 Å². The third kappa shape index (κ3) is 5.57. The van der Waals surface area contributed by atoms with Crippen LogP contribution >= 0.6 is 0 Å². The van der Waals surface area contributed by atoms with Crippen LogP contribution in [0, 0.1) is 13.8 Å². The summed E-state index contributed by atoms with van der Waals surface area (Å²) in [5, 5.41) is 2.93. The number of benzene rings is 2. The van der Waals surface area contributed by atoms with E-state index < -0.39 is 10.0 Å². The van der Waals surface area contributed by atoms with Crippen LogP contribution in [0.3, 0.4) is 0 Å². The standard InChI is InChI=1S/C21H28N2O3S/c1-5-18-11-6-7-12-19(18)22-21(24)14-9-15-23(27(4,25)26)20-13-8-10-16(2)17(20)3/h6-8,10-13H,5,9,14-15H2,1-4H3,(H,22,24). The first-order valence-electron chi connectivity index (χ1n) is 9.15. The van der Waals surface area contributed by atoms with Gasteiger partial charge in [-0.15, -0.1) is 0 Å². The summed E-state index contributed by atoms with van der Waals surface area (Å²) in [7, 11) is -3.42. The van der Waals surface area contributed by atoms with Crippen molar-refractivity contribution in [1.29, 1.82) is 0 Å². The number of carbonyl (C=O) groups is 1. The van der Waals surface area contributed by atoms with Crippen molar-refractivity contribution < 1.29 is 13.2 Å². The zero-order chi connectivity index (χ0) is 20.0. The average Bonchev–Trinajstić information content (AvgIpc) is 2.61. The van der Waals surface area contributed by atoms with Gasteiger partial charge in [-0.1, -0.05) is 37.3 Å². The van der Waals surface area contributed by atoms with Crippen LogP contribution in [0.5, 0.6) is 0 Å². The molecule has 0 saturated carbocycles. The first kappa shape index (κ1) is 21.0.